The first kappa shape index (κ1) is 15.3. The van der Waals surface area contributed by atoms with Crippen molar-refractivity contribution in [2.45, 2.75) is 26.8 Å². The molecule has 1 N–H and O–H groups in total. The van der Waals surface area contributed by atoms with Crippen molar-refractivity contribution in [3.63, 3.8) is 0 Å². The normalized spacial score (nSPS) is 19.1. The summed E-state index contributed by atoms with van der Waals surface area (Å²) in [6, 6.07) is 2.10. The molecular formula is C15H21F3N2. The van der Waals surface area contributed by atoms with Gasteiger partial charge < -0.3 is 5.32 Å². The maximum absolute atomic E-state index is 13.5. The summed E-state index contributed by atoms with van der Waals surface area (Å²) in [5.74, 6) is -3.64. The summed E-state index contributed by atoms with van der Waals surface area (Å²) >= 11 is 0. The third-order valence-corrected chi connectivity index (χ3v) is 3.66. The Kier molecular flexibility index (Phi) is 4.39. The van der Waals surface area contributed by atoms with Gasteiger partial charge in [0.2, 0.25) is 0 Å². The molecule has 1 aromatic carbocycles. The molecule has 112 valence electrons. The van der Waals surface area contributed by atoms with Crippen LogP contribution in [0.1, 0.15) is 32.4 Å². The van der Waals surface area contributed by atoms with Crippen LogP contribution in [0.3, 0.4) is 0 Å². The number of halogens is 3. The van der Waals surface area contributed by atoms with Gasteiger partial charge in [0.1, 0.15) is 0 Å². The molecule has 20 heavy (non-hydrogen) atoms. The van der Waals surface area contributed by atoms with E-state index in [4.69, 9.17) is 0 Å². The number of nitrogens with one attached hydrogen (secondary N) is 1. The zero-order valence-electron chi connectivity index (χ0n) is 12.1. The molecule has 0 aliphatic carbocycles. The summed E-state index contributed by atoms with van der Waals surface area (Å²) in [5, 5.41) is 3.25. The van der Waals surface area contributed by atoms with E-state index in [0.717, 1.165) is 38.3 Å². The van der Waals surface area contributed by atoms with E-state index in [1.807, 2.05) is 20.8 Å². The van der Waals surface area contributed by atoms with E-state index in [-0.39, 0.29) is 11.5 Å². The van der Waals surface area contributed by atoms with Gasteiger partial charge >= 0.3 is 0 Å². The second-order valence-corrected chi connectivity index (χ2v) is 6.35. The van der Waals surface area contributed by atoms with Gasteiger partial charge in [0, 0.05) is 32.2 Å². The molecule has 0 bridgehead atoms. The highest BCUT2D eigenvalue weighted by Gasteiger charge is 2.33. The third kappa shape index (κ3) is 3.15. The predicted molar refractivity (Wildman–Crippen MR) is 73.0 cm³/mol. The number of hydrogen-bond donors (Lipinski definition) is 1. The van der Waals surface area contributed by atoms with E-state index in [0.29, 0.717) is 5.56 Å². The minimum Gasteiger partial charge on any atom is -0.314 e. The molecule has 2 nitrogen and oxygen atoms in total. The van der Waals surface area contributed by atoms with Crippen LogP contribution >= 0.6 is 0 Å². The van der Waals surface area contributed by atoms with Gasteiger partial charge in [0.05, 0.1) is 0 Å². The van der Waals surface area contributed by atoms with Crippen LogP contribution in [-0.4, -0.2) is 31.1 Å². The molecule has 1 fully saturated rings. The molecule has 5 heteroatoms. The molecule has 1 saturated heterocycles. The predicted octanol–water partition coefficient (Wildman–Crippen LogP) is 3.10. The molecule has 1 aliphatic rings. The Bertz CT molecular complexity index is 453. The molecule has 0 aromatic heterocycles. The fraction of sp³-hybridized carbons (Fsp3) is 0.600. The standard InChI is InChI=1S/C15H21F3N2/c1-15(2,3)14(20-6-4-19-5-7-20)10-8-11(16)13(18)12(17)9-10/h8-9,14,19H,4-7H2,1-3H3/t14-/m1/s1. The molecule has 0 unspecified atom stereocenters. The van der Waals surface area contributed by atoms with E-state index < -0.39 is 17.5 Å². The fourth-order valence-electron chi connectivity index (χ4n) is 2.93. The maximum atomic E-state index is 13.5. The molecule has 0 saturated carbocycles. The first-order valence-electron chi connectivity index (χ1n) is 6.90. The number of hydrogen-bond acceptors (Lipinski definition) is 2. The van der Waals surface area contributed by atoms with Gasteiger partial charge in [-0.15, -0.1) is 0 Å². The minimum atomic E-state index is -1.40. The van der Waals surface area contributed by atoms with Crippen molar-refractivity contribution in [3.8, 4) is 0 Å². The third-order valence-electron chi connectivity index (χ3n) is 3.66. The van der Waals surface area contributed by atoms with Crippen LogP contribution in [0.2, 0.25) is 0 Å². The zero-order chi connectivity index (χ0) is 14.9. The number of rotatable bonds is 2. The first-order valence-corrected chi connectivity index (χ1v) is 6.90. The lowest BCUT2D eigenvalue weighted by Crippen LogP contribution is -2.48. The van der Waals surface area contributed by atoms with Crippen molar-refractivity contribution in [1.29, 1.82) is 0 Å². The van der Waals surface area contributed by atoms with Crippen molar-refractivity contribution >= 4 is 0 Å². The van der Waals surface area contributed by atoms with E-state index in [1.54, 1.807) is 0 Å². The van der Waals surface area contributed by atoms with Crippen LogP contribution in [0.4, 0.5) is 13.2 Å². The van der Waals surface area contributed by atoms with E-state index >= 15 is 0 Å². The van der Waals surface area contributed by atoms with E-state index in [2.05, 4.69) is 10.2 Å². The van der Waals surface area contributed by atoms with Crippen molar-refractivity contribution < 1.29 is 13.2 Å². The highest BCUT2D eigenvalue weighted by atomic mass is 19.2. The van der Waals surface area contributed by atoms with Crippen LogP contribution in [0.5, 0.6) is 0 Å². The average molecular weight is 286 g/mol. The average Bonchev–Trinajstić information content (AvgIpc) is 2.35. The lowest BCUT2D eigenvalue weighted by Gasteiger charge is -2.42. The van der Waals surface area contributed by atoms with E-state index in [9.17, 15) is 13.2 Å². The van der Waals surface area contributed by atoms with Gasteiger partial charge in [-0.1, -0.05) is 20.8 Å². The topological polar surface area (TPSA) is 15.3 Å². The Balaban J connectivity index is 2.41. The molecule has 1 aliphatic heterocycles. The molecule has 1 aromatic rings. The van der Waals surface area contributed by atoms with Crippen molar-refractivity contribution in [3.05, 3.63) is 35.1 Å². The summed E-state index contributed by atoms with van der Waals surface area (Å²) in [7, 11) is 0. The smallest absolute Gasteiger partial charge is 0.194 e. The Morgan fingerprint density at radius 1 is 1.05 bits per heavy atom. The Morgan fingerprint density at radius 2 is 1.55 bits per heavy atom. The molecule has 0 radical (unpaired) electrons. The number of nitrogens with zero attached hydrogens (tertiary/aromatic N) is 1. The van der Waals surface area contributed by atoms with E-state index in [1.165, 1.54) is 0 Å². The van der Waals surface area contributed by atoms with Crippen LogP contribution in [0, 0.1) is 22.9 Å². The summed E-state index contributed by atoms with van der Waals surface area (Å²) in [6.45, 7) is 9.39. The van der Waals surface area contributed by atoms with Crippen molar-refractivity contribution in [2.24, 2.45) is 5.41 Å². The van der Waals surface area contributed by atoms with Gasteiger partial charge in [-0.25, -0.2) is 13.2 Å². The highest BCUT2D eigenvalue weighted by Crippen LogP contribution is 2.38. The van der Waals surface area contributed by atoms with Crippen LogP contribution in [-0.2, 0) is 0 Å². The lowest BCUT2D eigenvalue weighted by molar-refractivity contribution is 0.0856. The quantitative estimate of drug-likeness (QED) is 0.840. The second kappa shape index (κ2) is 5.74. The second-order valence-electron chi connectivity index (χ2n) is 6.35. The van der Waals surface area contributed by atoms with Gasteiger partial charge in [0.25, 0.3) is 0 Å². The summed E-state index contributed by atoms with van der Waals surface area (Å²) in [6.07, 6.45) is 0. The van der Waals surface area contributed by atoms with Crippen LogP contribution in [0.15, 0.2) is 12.1 Å². The van der Waals surface area contributed by atoms with Crippen molar-refractivity contribution in [1.82, 2.24) is 10.2 Å². The summed E-state index contributed by atoms with van der Waals surface area (Å²) < 4.78 is 40.2. The Morgan fingerprint density at radius 3 is 2.00 bits per heavy atom. The van der Waals surface area contributed by atoms with Gasteiger partial charge in [-0.05, 0) is 23.1 Å². The lowest BCUT2D eigenvalue weighted by atomic mass is 9.81. The van der Waals surface area contributed by atoms with Gasteiger partial charge in [0.15, 0.2) is 17.5 Å². The van der Waals surface area contributed by atoms with Crippen LogP contribution < -0.4 is 5.32 Å². The zero-order valence-corrected chi connectivity index (χ0v) is 12.1. The molecule has 0 amide bonds. The Hall–Kier alpha value is -1.07. The molecule has 0 spiro atoms. The summed E-state index contributed by atoms with van der Waals surface area (Å²) in [5.41, 5.74) is 0.296. The number of benzene rings is 1. The first-order chi connectivity index (χ1) is 9.30. The van der Waals surface area contributed by atoms with Gasteiger partial charge in [-0.2, -0.15) is 0 Å². The molecule has 1 heterocycles. The summed E-state index contributed by atoms with van der Waals surface area (Å²) in [4.78, 5) is 2.20. The number of piperazine rings is 1. The Labute approximate surface area is 118 Å². The fourth-order valence-corrected chi connectivity index (χ4v) is 2.93. The largest absolute Gasteiger partial charge is 0.314 e. The minimum absolute atomic E-state index is 0.144. The van der Waals surface area contributed by atoms with Gasteiger partial charge in [-0.3, -0.25) is 4.90 Å². The highest BCUT2D eigenvalue weighted by molar-refractivity contribution is 5.24. The molecule has 2 rings (SSSR count). The maximum Gasteiger partial charge on any atom is 0.194 e. The molecule has 1 atom stereocenters. The van der Waals surface area contributed by atoms with Crippen molar-refractivity contribution in [2.75, 3.05) is 26.2 Å². The monoisotopic (exact) mass is 286 g/mol. The van der Waals surface area contributed by atoms with Crippen LogP contribution in [0.25, 0.3) is 0 Å². The SMILES string of the molecule is CC(C)(C)[C@@H](c1cc(F)c(F)c(F)c1)N1CCNCC1. The molecular weight excluding hydrogens is 265 g/mol.